The van der Waals surface area contributed by atoms with Gasteiger partial charge in [-0.3, -0.25) is 0 Å². The van der Waals surface area contributed by atoms with Gasteiger partial charge in [0.1, 0.15) is 10.3 Å². The molecule has 0 aliphatic heterocycles. The van der Waals surface area contributed by atoms with Gasteiger partial charge in [0.25, 0.3) is 0 Å². The van der Waals surface area contributed by atoms with E-state index in [4.69, 9.17) is 46.4 Å². The van der Waals surface area contributed by atoms with Crippen LogP contribution in [-0.2, 0) is 6.42 Å². The van der Waals surface area contributed by atoms with Gasteiger partial charge in [0.05, 0.1) is 5.02 Å². The molecule has 0 amide bonds. The van der Waals surface area contributed by atoms with Gasteiger partial charge in [0.2, 0.25) is 0 Å². The molecule has 0 aliphatic rings. The zero-order chi connectivity index (χ0) is 13.3. The van der Waals surface area contributed by atoms with E-state index in [2.05, 4.69) is 9.97 Å². The predicted octanol–water partition coefficient (Wildman–Crippen LogP) is 5.32. The van der Waals surface area contributed by atoms with Crippen molar-refractivity contribution in [1.82, 2.24) is 9.97 Å². The fourth-order valence-electron chi connectivity index (χ4n) is 1.51. The van der Waals surface area contributed by atoms with E-state index in [1.54, 1.807) is 18.2 Å². The van der Waals surface area contributed by atoms with Crippen LogP contribution in [0.15, 0.2) is 18.2 Å². The summed E-state index contributed by atoms with van der Waals surface area (Å²) in [6.45, 7) is 1.94. The van der Waals surface area contributed by atoms with Crippen LogP contribution in [0.3, 0.4) is 0 Å². The first-order chi connectivity index (χ1) is 8.52. The molecule has 94 valence electrons. The number of benzene rings is 1. The normalized spacial score (nSPS) is 10.7. The van der Waals surface area contributed by atoms with Crippen LogP contribution in [0.5, 0.6) is 0 Å². The third kappa shape index (κ3) is 2.72. The first kappa shape index (κ1) is 13.9. The summed E-state index contributed by atoms with van der Waals surface area (Å²) in [4.78, 5) is 8.42. The van der Waals surface area contributed by atoms with Crippen molar-refractivity contribution in [3.63, 3.8) is 0 Å². The second kappa shape index (κ2) is 5.62. The van der Waals surface area contributed by atoms with Crippen LogP contribution in [-0.4, -0.2) is 9.97 Å². The third-order valence-corrected chi connectivity index (χ3v) is 3.60. The molecule has 0 fully saturated rings. The first-order valence-electron chi connectivity index (χ1n) is 5.20. The highest BCUT2D eigenvalue weighted by molar-refractivity contribution is 6.37. The maximum absolute atomic E-state index is 6.09. The summed E-state index contributed by atoms with van der Waals surface area (Å²) in [7, 11) is 0. The van der Waals surface area contributed by atoms with Gasteiger partial charge in [0, 0.05) is 16.1 Å². The van der Waals surface area contributed by atoms with Gasteiger partial charge in [-0.25, -0.2) is 9.97 Å². The number of aromatic nitrogens is 2. The lowest BCUT2D eigenvalue weighted by Crippen LogP contribution is -1.97. The second-order valence-electron chi connectivity index (χ2n) is 3.59. The highest BCUT2D eigenvalue weighted by atomic mass is 35.5. The molecule has 1 aromatic heterocycles. The largest absolute Gasteiger partial charge is 0.216 e. The molecule has 2 rings (SSSR count). The molecule has 0 N–H and O–H groups in total. The monoisotopic (exact) mass is 320 g/mol. The Kier molecular flexibility index (Phi) is 4.33. The van der Waals surface area contributed by atoms with Crippen molar-refractivity contribution in [1.29, 1.82) is 0 Å². The molecular weight excluding hydrogens is 314 g/mol. The lowest BCUT2D eigenvalue weighted by Gasteiger charge is -2.08. The predicted molar refractivity (Wildman–Crippen MR) is 76.9 cm³/mol. The zero-order valence-corrected chi connectivity index (χ0v) is 12.4. The Morgan fingerprint density at radius 2 is 1.61 bits per heavy atom. The van der Waals surface area contributed by atoms with Gasteiger partial charge < -0.3 is 0 Å². The second-order valence-corrected chi connectivity index (χ2v) is 5.14. The van der Waals surface area contributed by atoms with E-state index in [1.165, 1.54) is 0 Å². The van der Waals surface area contributed by atoms with E-state index < -0.39 is 0 Å². The lowest BCUT2D eigenvalue weighted by atomic mass is 10.2. The van der Waals surface area contributed by atoms with Gasteiger partial charge in [-0.05, 0) is 24.6 Å². The molecule has 0 aliphatic carbocycles. The van der Waals surface area contributed by atoms with E-state index >= 15 is 0 Å². The van der Waals surface area contributed by atoms with Crippen molar-refractivity contribution in [2.24, 2.45) is 0 Å². The van der Waals surface area contributed by atoms with Gasteiger partial charge in [-0.1, -0.05) is 53.3 Å². The Morgan fingerprint density at radius 1 is 1.00 bits per heavy atom. The van der Waals surface area contributed by atoms with Crippen molar-refractivity contribution in [3.8, 4) is 11.4 Å². The van der Waals surface area contributed by atoms with E-state index in [-0.39, 0.29) is 0 Å². The van der Waals surface area contributed by atoms with Crippen LogP contribution in [0, 0.1) is 0 Å². The Hall–Kier alpha value is -0.540. The number of nitrogens with zero attached hydrogens (tertiary/aromatic N) is 2. The summed E-state index contributed by atoms with van der Waals surface area (Å²) < 4.78 is 0. The van der Waals surface area contributed by atoms with E-state index in [1.807, 2.05) is 6.92 Å². The molecule has 2 nitrogen and oxygen atoms in total. The number of halogens is 4. The number of hydrogen-bond donors (Lipinski definition) is 0. The first-order valence-corrected chi connectivity index (χ1v) is 6.71. The van der Waals surface area contributed by atoms with Crippen LogP contribution in [0.25, 0.3) is 11.4 Å². The summed E-state index contributed by atoms with van der Waals surface area (Å²) in [6, 6.07) is 5.07. The van der Waals surface area contributed by atoms with Crippen LogP contribution in [0.4, 0.5) is 0 Å². The summed E-state index contributed by atoms with van der Waals surface area (Å²) in [5, 5.41) is 1.70. The standard InChI is InChI=1S/C12H8Cl4N2/c1-2-7-10(15)17-12(18-11(7)16)8-4-3-6(13)5-9(8)14/h3-5H,2H2,1H3. The van der Waals surface area contributed by atoms with E-state index in [9.17, 15) is 0 Å². The van der Waals surface area contributed by atoms with Crippen LogP contribution >= 0.6 is 46.4 Å². The van der Waals surface area contributed by atoms with Crippen LogP contribution in [0.2, 0.25) is 20.4 Å². The lowest BCUT2D eigenvalue weighted by molar-refractivity contribution is 1.05. The van der Waals surface area contributed by atoms with Crippen molar-refractivity contribution in [3.05, 3.63) is 44.1 Å². The quantitative estimate of drug-likeness (QED) is 0.699. The summed E-state index contributed by atoms with van der Waals surface area (Å²) in [6.07, 6.45) is 0.673. The Labute approximate surface area is 125 Å². The smallest absolute Gasteiger partial charge is 0.164 e. The molecule has 0 saturated carbocycles. The summed E-state index contributed by atoms with van der Waals surface area (Å²) >= 11 is 24.1. The van der Waals surface area contributed by atoms with Crippen molar-refractivity contribution < 1.29 is 0 Å². The molecule has 2 aromatic rings. The van der Waals surface area contributed by atoms with Crippen LogP contribution < -0.4 is 0 Å². The molecule has 0 spiro atoms. The molecule has 0 unspecified atom stereocenters. The fourth-order valence-corrected chi connectivity index (χ4v) is 2.66. The maximum atomic E-state index is 6.09. The topological polar surface area (TPSA) is 25.8 Å². The molecule has 1 aromatic carbocycles. The minimum Gasteiger partial charge on any atom is -0.216 e. The van der Waals surface area contributed by atoms with Crippen molar-refractivity contribution in [2.75, 3.05) is 0 Å². The Bertz CT molecular complexity index is 576. The fraction of sp³-hybridized carbons (Fsp3) is 0.167. The summed E-state index contributed by atoms with van der Waals surface area (Å²) in [5.41, 5.74) is 1.37. The molecule has 0 bridgehead atoms. The van der Waals surface area contributed by atoms with Crippen molar-refractivity contribution in [2.45, 2.75) is 13.3 Å². The highest BCUT2D eigenvalue weighted by Gasteiger charge is 2.13. The molecule has 0 radical (unpaired) electrons. The zero-order valence-electron chi connectivity index (χ0n) is 9.35. The van der Waals surface area contributed by atoms with E-state index in [0.29, 0.717) is 38.2 Å². The summed E-state index contributed by atoms with van der Waals surface area (Å²) in [5.74, 6) is 0.392. The SMILES string of the molecule is CCc1c(Cl)nc(-c2ccc(Cl)cc2Cl)nc1Cl. The van der Waals surface area contributed by atoms with E-state index in [0.717, 1.165) is 5.56 Å². The highest BCUT2D eigenvalue weighted by Crippen LogP contribution is 2.31. The Morgan fingerprint density at radius 3 is 2.11 bits per heavy atom. The molecule has 18 heavy (non-hydrogen) atoms. The van der Waals surface area contributed by atoms with Crippen LogP contribution in [0.1, 0.15) is 12.5 Å². The van der Waals surface area contributed by atoms with Gasteiger partial charge in [0.15, 0.2) is 5.82 Å². The molecule has 0 saturated heterocycles. The number of hydrogen-bond acceptors (Lipinski definition) is 2. The molecule has 1 heterocycles. The third-order valence-electron chi connectivity index (χ3n) is 2.43. The number of rotatable bonds is 2. The van der Waals surface area contributed by atoms with Crippen molar-refractivity contribution >= 4 is 46.4 Å². The molecule has 6 heteroatoms. The average molecular weight is 322 g/mol. The maximum Gasteiger partial charge on any atom is 0.164 e. The minimum absolute atomic E-state index is 0.346. The average Bonchev–Trinajstić information content (AvgIpc) is 2.28. The van der Waals surface area contributed by atoms with Gasteiger partial charge in [-0.2, -0.15) is 0 Å². The molecular formula is C12H8Cl4N2. The van der Waals surface area contributed by atoms with Gasteiger partial charge in [-0.15, -0.1) is 0 Å². The molecule has 0 atom stereocenters. The van der Waals surface area contributed by atoms with Gasteiger partial charge >= 0.3 is 0 Å². The Balaban J connectivity index is 2.58. The minimum atomic E-state index is 0.346.